The van der Waals surface area contributed by atoms with E-state index in [9.17, 15) is 13.2 Å². The predicted molar refractivity (Wildman–Crippen MR) is 56.5 cm³/mol. The molecule has 0 unspecified atom stereocenters. The molecule has 0 heterocycles. The Morgan fingerprint density at radius 2 is 2.00 bits per heavy atom. The van der Waals surface area contributed by atoms with Crippen LogP contribution in [0.1, 0.15) is 20.8 Å². The number of amides is 1. The summed E-state index contributed by atoms with van der Waals surface area (Å²) < 4.78 is 30.8. The van der Waals surface area contributed by atoms with Gasteiger partial charge in [-0.05, 0) is 20.8 Å². The van der Waals surface area contributed by atoms with E-state index >= 15 is 0 Å². The molecule has 7 heteroatoms. The summed E-state index contributed by atoms with van der Waals surface area (Å²) in [6.07, 6.45) is -1.37. The number of ether oxygens (including phenoxy) is 1. The van der Waals surface area contributed by atoms with Crippen molar-refractivity contribution in [3.8, 4) is 0 Å². The van der Waals surface area contributed by atoms with Gasteiger partial charge in [-0.25, -0.2) is 9.52 Å². The smallest absolute Gasteiger partial charge is 0.422 e. The van der Waals surface area contributed by atoms with Crippen molar-refractivity contribution in [2.24, 2.45) is 0 Å². The standard InChI is InChI=1S/C8H16N2O4S/c1-6(2)5-9-15(12,13)10-8(11)14-7(3)4/h7,9H,1,5H2,2-4H3,(H,10,11). The lowest BCUT2D eigenvalue weighted by Crippen LogP contribution is -2.41. The van der Waals surface area contributed by atoms with Crippen LogP contribution < -0.4 is 9.44 Å². The van der Waals surface area contributed by atoms with Gasteiger partial charge in [0.2, 0.25) is 0 Å². The third-order valence-corrected chi connectivity index (χ3v) is 2.08. The molecular formula is C8H16N2O4S. The molecule has 0 spiro atoms. The summed E-state index contributed by atoms with van der Waals surface area (Å²) in [4.78, 5) is 10.9. The molecule has 0 radical (unpaired) electrons. The second kappa shape index (κ2) is 5.72. The Kier molecular flexibility index (Phi) is 5.31. The topological polar surface area (TPSA) is 84.5 Å². The lowest BCUT2D eigenvalue weighted by Gasteiger charge is -2.10. The van der Waals surface area contributed by atoms with Crippen LogP contribution in [-0.2, 0) is 14.9 Å². The molecule has 0 aliphatic heterocycles. The van der Waals surface area contributed by atoms with E-state index in [2.05, 4.69) is 16.0 Å². The first-order valence-electron chi connectivity index (χ1n) is 4.35. The van der Waals surface area contributed by atoms with Crippen LogP contribution in [0.5, 0.6) is 0 Å². The summed E-state index contributed by atoms with van der Waals surface area (Å²) >= 11 is 0. The van der Waals surface area contributed by atoms with E-state index in [0.717, 1.165) is 0 Å². The molecule has 0 saturated carbocycles. The molecule has 1 amide bonds. The zero-order valence-corrected chi connectivity index (χ0v) is 9.85. The first kappa shape index (κ1) is 13.9. The largest absolute Gasteiger partial charge is 0.446 e. The van der Waals surface area contributed by atoms with Gasteiger partial charge in [-0.3, -0.25) is 0 Å². The van der Waals surface area contributed by atoms with Gasteiger partial charge >= 0.3 is 16.3 Å². The van der Waals surface area contributed by atoms with E-state index in [1.54, 1.807) is 25.5 Å². The second-order valence-electron chi connectivity index (χ2n) is 3.34. The van der Waals surface area contributed by atoms with Crippen LogP contribution in [0.25, 0.3) is 0 Å². The average molecular weight is 236 g/mol. The third-order valence-electron chi connectivity index (χ3n) is 1.12. The van der Waals surface area contributed by atoms with Crippen molar-refractivity contribution in [1.29, 1.82) is 0 Å². The summed E-state index contributed by atoms with van der Waals surface area (Å²) in [7, 11) is -3.86. The van der Waals surface area contributed by atoms with Gasteiger partial charge in [0.05, 0.1) is 6.10 Å². The SMILES string of the molecule is C=C(C)CNS(=O)(=O)NC(=O)OC(C)C. The Bertz CT molecular complexity index is 335. The van der Waals surface area contributed by atoms with Crippen molar-refractivity contribution in [3.63, 3.8) is 0 Å². The molecule has 88 valence electrons. The number of carbonyl (C=O) groups excluding carboxylic acids is 1. The fourth-order valence-electron chi connectivity index (χ4n) is 0.602. The highest BCUT2D eigenvalue weighted by Gasteiger charge is 2.15. The molecule has 0 aromatic heterocycles. The summed E-state index contributed by atoms with van der Waals surface area (Å²) in [6, 6.07) is 0. The lowest BCUT2D eigenvalue weighted by atomic mass is 10.4. The average Bonchev–Trinajstić information content (AvgIpc) is 1.98. The van der Waals surface area contributed by atoms with E-state index in [-0.39, 0.29) is 12.6 Å². The van der Waals surface area contributed by atoms with Crippen molar-refractivity contribution in [1.82, 2.24) is 9.44 Å². The molecule has 2 N–H and O–H groups in total. The summed E-state index contributed by atoms with van der Waals surface area (Å²) in [5, 5.41) is 0. The van der Waals surface area contributed by atoms with Gasteiger partial charge in [-0.15, -0.1) is 0 Å². The quantitative estimate of drug-likeness (QED) is 0.682. The highest BCUT2D eigenvalue weighted by molar-refractivity contribution is 7.88. The summed E-state index contributed by atoms with van der Waals surface area (Å²) in [5.74, 6) is 0. The number of rotatable bonds is 5. The molecule has 0 aromatic carbocycles. The molecule has 0 bridgehead atoms. The van der Waals surface area contributed by atoms with Crippen LogP contribution in [-0.4, -0.2) is 27.2 Å². The van der Waals surface area contributed by atoms with Crippen LogP contribution in [0, 0.1) is 0 Å². The highest BCUT2D eigenvalue weighted by atomic mass is 32.2. The second-order valence-corrected chi connectivity index (χ2v) is 4.84. The number of hydrogen-bond acceptors (Lipinski definition) is 4. The van der Waals surface area contributed by atoms with Gasteiger partial charge < -0.3 is 4.74 Å². The van der Waals surface area contributed by atoms with Gasteiger partial charge in [0, 0.05) is 6.54 Å². The van der Waals surface area contributed by atoms with Crippen molar-refractivity contribution in [2.75, 3.05) is 6.54 Å². The molecule has 0 aromatic rings. The molecule has 0 aliphatic rings. The molecule has 15 heavy (non-hydrogen) atoms. The van der Waals surface area contributed by atoms with Crippen LogP contribution in [0.2, 0.25) is 0 Å². The van der Waals surface area contributed by atoms with E-state index < -0.39 is 16.3 Å². The first-order chi connectivity index (χ1) is 6.73. The minimum absolute atomic E-state index is 0.0737. The van der Waals surface area contributed by atoms with Gasteiger partial charge in [0.1, 0.15) is 0 Å². The maximum Gasteiger partial charge on any atom is 0.422 e. The van der Waals surface area contributed by atoms with Crippen LogP contribution >= 0.6 is 0 Å². The fraction of sp³-hybridized carbons (Fsp3) is 0.625. The van der Waals surface area contributed by atoms with Gasteiger partial charge in [-0.1, -0.05) is 12.2 Å². The molecule has 0 rings (SSSR count). The Morgan fingerprint density at radius 3 is 2.40 bits per heavy atom. The number of hydrogen-bond donors (Lipinski definition) is 2. The Balaban J connectivity index is 4.14. The van der Waals surface area contributed by atoms with Crippen LogP contribution in [0.15, 0.2) is 12.2 Å². The van der Waals surface area contributed by atoms with Gasteiger partial charge in [-0.2, -0.15) is 13.1 Å². The zero-order valence-electron chi connectivity index (χ0n) is 9.03. The van der Waals surface area contributed by atoms with Crippen molar-refractivity contribution in [3.05, 3.63) is 12.2 Å². The molecule has 0 aliphatic carbocycles. The number of nitrogens with one attached hydrogen (secondary N) is 2. The van der Waals surface area contributed by atoms with Gasteiger partial charge in [0.25, 0.3) is 0 Å². The summed E-state index contributed by atoms with van der Waals surface area (Å²) in [5.41, 5.74) is 0.637. The first-order valence-corrected chi connectivity index (χ1v) is 5.83. The minimum atomic E-state index is -3.86. The Hall–Kier alpha value is -1.08. The monoisotopic (exact) mass is 236 g/mol. The van der Waals surface area contributed by atoms with E-state index in [1.807, 2.05) is 0 Å². The van der Waals surface area contributed by atoms with Crippen LogP contribution in [0.4, 0.5) is 4.79 Å². The third kappa shape index (κ3) is 7.95. The Labute approximate surface area is 89.9 Å². The molecule has 6 nitrogen and oxygen atoms in total. The number of carbonyl (C=O) groups is 1. The minimum Gasteiger partial charge on any atom is -0.446 e. The van der Waals surface area contributed by atoms with Crippen molar-refractivity contribution < 1.29 is 17.9 Å². The zero-order chi connectivity index (χ0) is 12.1. The highest BCUT2D eigenvalue weighted by Crippen LogP contribution is 1.90. The van der Waals surface area contributed by atoms with Crippen molar-refractivity contribution >= 4 is 16.3 Å². The normalized spacial score (nSPS) is 11.2. The van der Waals surface area contributed by atoms with Crippen LogP contribution in [0.3, 0.4) is 0 Å². The van der Waals surface area contributed by atoms with E-state index in [4.69, 9.17) is 0 Å². The maximum absolute atomic E-state index is 11.2. The Morgan fingerprint density at radius 1 is 1.47 bits per heavy atom. The maximum atomic E-state index is 11.2. The molecule has 0 saturated heterocycles. The molecule has 0 fully saturated rings. The fourth-order valence-corrected chi connectivity index (χ4v) is 1.38. The summed E-state index contributed by atoms with van der Waals surface area (Å²) in [6.45, 7) is 8.49. The van der Waals surface area contributed by atoms with Crippen molar-refractivity contribution in [2.45, 2.75) is 26.9 Å². The van der Waals surface area contributed by atoms with E-state index in [1.165, 1.54) is 0 Å². The predicted octanol–water partition coefficient (Wildman–Crippen LogP) is 0.531. The van der Waals surface area contributed by atoms with E-state index in [0.29, 0.717) is 5.57 Å². The lowest BCUT2D eigenvalue weighted by molar-refractivity contribution is 0.121. The van der Waals surface area contributed by atoms with Gasteiger partial charge in [0.15, 0.2) is 0 Å². The molecular weight excluding hydrogens is 220 g/mol. The molecule has 0 atom stereocenters.